The minimum absolute atomic E-state index is 0.252. The first-order valence-corrected chi connectivity index (χ1v) is 7.78. The van der Waals surface area contributed by atoms with Crippen LogP contribution in [0.15, 0.2) is 48.5 Å². The fourth-order valence-electron chi connectivity index (χ4n) is 2.59. The van der Waals surface area contributed by atoms with E-state index < -0.39 is 0 Å². The molecule has 0 radical (unpaired) electrons. The molecule has 0 spiro atoms. The van der Waals surface area contributed by atoms with E-state index in [0.717, 1.165) is 23.6 Å². The lowest BCUT2D eigenvalue weighted by Gasteiger charge is -2.23. The number of methoxy groups -OCH3 is 2. The van der Waals surface area contributed by atoms with Crippen molar-refractivity contribution in [1.82, 2.24) is 10.2 Å². The Balaban J connectivity index is 2.15. The van der Waals surface area contributed by atoms with Crippen LogP contribution in [0.4, 0.5) is 0 Å². The van der Waals surface area contributed by atoms with E-state index in [-0.39, 0.29) is 6.04 Å². The molecule has 0 fully saturated rings. The van der Waals surface area contributed by atoms with Crippen LogP contribution in [0.2, 0.25) is 0 Å². The maximum absolute atomic E-state index is 5.46. The quantitative estimate of drug-likeness (QED) is 0.812. The zero-order chi connectivity index (χ0) is 16.7. The third kappa shape index (κ3) is 4.98. The first-order valence-electron chi connectivity index (χ1n) is 7.78. The second-order valence-corrected chi connectivity index (χ2v) is 5.78. The van der Waals surface area contributed by atoms with Crippen LogP contribution < -0.4 is 14.8 Å². The summed E-state index contributed by atoms with van der Waals surface area (Å²) in [6.07, 6.45) is 0. The van der Waals surface area contributed by atoms with Crippen molar-refractivity contribution < 1.29 is 9.47 Å². The van der Waals surface area contributed by atoms with Gasteiger partial charge in [0, 0.05) is 24.7 Å². The van der Waals surface area contributed by atoms with E-state index in [4.69, 9.17) is 9.47 Å². The van der Waals surface area contributed by atoms with Gasteiger partial charge in [-0.3, -0.25) is 0 Å². The smallest absolute Gasteiger partial charge is 0.123 e. The Morgan fingerprint density at radius 1 is 1.00 bits per heavy atom. The van der Waals surface area contributed by atoms with Gasteiger partial charge in [0.1, 0.15) is 11.5 Å². The highest BCUT2D eigenvalue weighted by atomic mass is 16.5. The molecule has 0 aliphatic rings. The Hall–Kier alpha value is -2.04. The van der Waals surface area contributed by atoms with Crippen LogP contribution in [0.1, 0.15) is 17.2 Å². The van der Waals surface area contributed by atoms with Gasteiger partial charge in [0.15, 0.2) is 0 Å². The van der Waals surface area contributed by atoms with Gasteiger partial charge in [-0.2, -0.15) is 0 Å². The van der Waals surface area contributed by atoms with Gasteiger partial charge < -0.3 is 19.7 Å². The molecule has 1 unspecified atom stereocenters. The molecule has 0 aliphatic heterocycles. The Labute approximate surface area is 139 Å². The lowest BCUT2D eigenvalue weighted by Crippen LogP contribution is -2.31. The van der Waals surface area contributed by atoms with Crippen molar-refractivity contribution in [3.63, 3.8) is 0 Å². The van der Waals surface area contributed by atoms with Gasteiger partial charge >= 0.3 is 0 Å². The van der Waals surface area contributed by atoms with E-state index in [1.807, 2.05) is 24.3 Å². The van der Waals surface area contributed by atoms with Crippen LogP contribution in [0, 0.1) is 0 Å². The predicted molar refractivity (Wildman–Crippen MR) is 94.1 cm³/mol. The molecule has 0 aliphatic carbocycles. The topological polar surface area (TPSA) is 33.7 Å². The van der Waals surface area contributed by atoms with Crippen molar-refractivity contribution in [1.29, 1.82) is 0 Å². The molecule has 0 heterocycles. The summed E-state index contributed by atoms with van der Waals surface area (Å²) < 4.78 is 10.8. The highest BCUT2D eigenvalue weighted by Crippen LogP contribution is 2.25. The van der Waals surface area contributed by atoms with E-state index in [9.17, 15) is 0 Å². The summed E-state index contributed by atoms with van der Waals surface area (Å²) in [7, 11) is 7.55. The summed E-state index contributed by atoms with van der Waals surface area (Å²) in [5, 5.41) is 3.63. The van der Waals surface area contributed by atoms with Crippen LogP contribution in [0.3, 0.4) is 0 Å². The van der Waals surface area contributed by atoms with Crippen molar-refractivity contribution >= 4 is 0 Å². The first-order chi connectivity index (χ1) is 11.1. The van der Waals surface area contributed by atoms with Gasteiger partial charge in [0.05, 0.1) is 14.2 Å². The fourth-order valence-corrected chi connectivity index (χ4v) is 2.59. The highest BCUT2D eigenvalue weighted by molar-refractivity contribution is 5.40. The van der Waals surface area contributed by atoms with Gasteiger partial charge in [-0.25, -0.2) is 0 Å². The average Bonchev–Trinajstić information content (AvgIpc) is 2.58. The van der Waals surface area contributed by atoms with Crippen molar-refractivity contribution in [2.75, 3.05) is 34.9 Å². The first kappa shape index (κ1) is 17.3. The number of likely N-dealkylation sites (N-methyl/N-ethyl adjacent to an activating group) is 1. The summed E-state index contributed by atoms with van der Waals surface area (Å²) >= 11 is 0. The maximum Gasteiger partial charge on any atom is 0.123 e. The summed E-state index contributed by atoms with van der Waals surface area (Å²) in [6, 6.07) is 16.6. The van der Waals surface area contributed by atoms with E-state index >= 15 is 0 Å². The summed E-state index contributed by atoms with van der Waals surface area (Å²) in [5.74, 6) is 1.71. The van der Waals surface area contributed by atoms with Gasteiger partial charge in [0.2, 0.25) is 0 Å². The molecule has 124 valence electrons. The largest absolute Gasteiger partial charge is 0.497 e. The summed E-state index contributed by atoms with van der Waals surface area (Å²) in [5.41, 5.74) is 2.37. The maximum atomic E-state index is 5.46. The highest BCUT2D eigenvalue weighted by Gasteiger charge is 2.13. The lowest BCUT2D eigenvalue weighted by atomic mass is 10.1. The van der Waals surface area contributed by atoms with Gasteiger partial charge in [-0.1, -0.05) is 30.3 Å². The number of hydrogen-bond acceptors (Lipinski definition) is 4. The molecule has 4 heteroatoms. The van der Waals surface area contributed by atoms with E-state index in [0.29, 0.717) is 6.54 Å². The molecule has 0 bridgehead atoms. The molecule has 1 atom stereocenters. The van der Waals surface area contributed by atoms with Gasteiger partial charge in [-0.05, 0) is 37.9 Å². The fraction of sp³-hybridized carbons (Fsp3) is 0.368. The Bertz CT molecular complexity index is 600. The lowest BCUT2D eigenvalue weighted by molar-refractivity contribution is 0.337. The third-order valence-electron chi connectivity index (χ3n) is 3.78. The van der Waals surface area contributed by atoms with Crippen molar-refractivity contribution in [2.24, 2.45) is 0 Å². The molecule has 0 amide bonds. The van der Waals surface area contributed by atoms with Crippen molar-refractivity contribution in [3.8, 4) is 11.5 Å². The molecule has 2 rings (SSSR count). The van der Waals surface area contributed by atoms with Crippen LogP contribution in [-0.2, 0) is 6.54 Å². The van der Waals surface area contributed by atoms with Crippen LogP contribution >= 0.6 is 0 Å². The number of nitrogens with zero attached hydrogens (tertiary/aromatic N) is 1. The van der Waals surface area contributed by atoms with E-state index in [2.05, 4.69) is 48.6 Å². The second kappa shape index (κ2) is 8.56. The predicted octanol–water partition coefficient (Wildman–Crippen LogP) is 3.10. The number of benzene rings is 2. The molecule has 1 N–H and O–H groups in total. The molecule has 2 aromatic carbocycles. The zero-order valence-electron chi connectivity index (χ0n) is 14.4. The van der Waals surface area contributed by atoms with Crippen LogP contribution in [-0.4, -0.2) is 39.8 Å². The normalized spacial score (nSPS) is 12.2. The number of nitrogens with one attached hydrogen (secondary N) is 1. The van der Waals surface area contributed by atoms with Gasteiger partial charge in [0.25, 0.3) is 0 Å². The minimum atomic E-state index is 0.252. The summed E-state index contributed by atoms with van der Waals surface area (Å²) in [6.45, 7) is 1.64. The number of rotatable bonds is 8. The Morgan fingerprint density at radius 3 is 2.35 bits per heavy atom. The van der Waals surface area contributed by atoms with E-state index in [1.54, 1.807) is 14.2 Å². The molecule has 0 saturated heterocycles. The summed E-state index contributed by atoms with van der Waals surface area (Å²) in [4.78, 5) is 2.19. The molecule has 0 aromatic heterocycles. The van der Waals surface area contributed by atoms with Crippen molar-refractivity contribution in [2.45, 2.75) is 12.6 Å². The Kier molecular flexibility index (Phi) is 6.44. The monoisotopic (exact) mass is 314 g/mol. The SMILES string of the molecule is COc1ccc(OC)c(CNC(CN(C)C)c2ccccc2)c1. The molecule has 0 saturated carbocycles. The van der Waals surface area contributed by atoms with E-state index in [1.165, 1.54) is 5.56 Å². The van der Waals surface area contributed by atoms with Crippen LogP contribution in [0.5, 0.6) is 11.5 Å². The number of ether oxygens (including phenoxy) is 2. The van der Waals surface area contributed by atoms with Crippen molar-refractivity contribution in [3.05, 3.63) is 59.7 Å². The Morgan fingerprint density at radius 2 is 1.74 bits per heavy atom. The molecular weight excluding hydrogens is 288 g/mol. The second-order valence-electron chi connectivity index (χ2n) is 5.78. The average molecular weight is 314 g/mol. The van der Waals surface area contributed by atoms with Crippen LogP contribution in [0.25, 0.3) is 0 Å². The molecule has 23 heavy (non-hydrogen) atoms. The zero-order valence-corrected chi connectivity index (χ0v) is 14.4. The molecule has 2 aromatic rings. The molecule has 4 nitrogen and oxygen atoms in total. The minimum Gasteiger partial charge on any atom is -0.497 e. The standard InChI is InChI=1S/C19H26N2O2/c1-21(2)14-18(15-8-6-5-7-9-15)20-13-16-12-17(22-3)10-11-19(16)23-4/h5-12,18,20H,13-14H2,1-4H3. The van der Waals surface area contributed by atoms with Gasteiger partial charge in [-0.15, -0.1) is 0 Å². The number of hydrogen-bond donors (Lipinski definition) is 1. The molecular formula is C19H26N2O2. The third-order valence-corrected chi connectivity index (χ3v) is 3.78.